The molecule has 76 valence electrons. The molecule has 1 N–H and O–H groups in total. The highest BCUT2D eigenvalue weighted by Crippen LogP contribution is 2.24. The van der Waals surface area contributed by atoms with Crippen LogP contribution >= 0.6 is 15.9 Å². The molecule has 1 aliphatic heterocycles. The van der Waals surface area contributed by atoms with Crippen LogP contribution in [0.4, 0.5) is 8.78 Å². The van der Waals surface area contributed by atoms with Crippen LogP contribution in [-0.4, -0.2) is 13.1 Å². The monoisotopic (exact) mass is 261 g/mol. The highest BCUT2D eigenvalue weighted by Gasteiger charge is 2.21. The van der Waals surface area contributed by atoms with Gasteiger partial charge in [-0.15, -0.1) is 0 Å². The average Bonchev–Trinajstić information content (AvgIpc) is 2.09. The van der Waals surface area contributed by atoms with Crippen LogP contribution in [-0.2, 0) is 6.42 Å². The van der Waals surface area contributed by atoms with E-state index in [1.807, 2.05) is 0 Å². The van der Waals surface area contributed by atoms with Crippen LogP contribution in [0, 0.1) is 17.6 Å². The molecular weight excluding hydrogens is 252 g/mol. The molecule has 1 heterocycles. The van der Waals surface area contributed by atoms with Gasteiger partial charge in [-0.3, -0.25) is 0 Å². The summed E-state index contributed by atoms with van der Waals surface area (Å²) < 4.78 is 27.1. The Morgan fingerprint density at radius 2 is 2.07 bits per heavy atom. The van der Waals surface area contributed by atoms with Crippen molar-refractivity contribution < 1.29 is 8.78 Å². The van der Waals surface area contributed by atoms with Crippen molar-refractivity contribution in [2.45, 2.75) is 6.42 Å². The Labute approximate surface area is 89.6 Å². The van der Waals surface area contributed by atoms with E-state index in [1.165, 1.54) is 12.1 Å². The zero-order valence-corrected chi connectivity index (χ0v) is 9.07. The maximum absolute atomic E-state index is 13.5. The molecule has 0 saturated carbocycles. The molecule has 0 unspecified atom stereocenters. The third-order valence-corrected chi connectivity index (χ3v) is 3.11. The number of hydrogen-bond acceptors (Lipinski definition) is 1. The fraction of sp³-hybridized carbons (Fsp3) is 0.400. The summed E-state index contributed by atoms with van der Waals surface area (Å²) in [4.78, 5) is 0. The van der Waals surface area contributed by atoms with E-state index < -0.39 is 11.6 Å². The first-order valence-corrected chi connectivity index (χ1v) is 5.31. The maximum Gasteiger partial charge on any atom is 0.143 e. The van der Waals surface area contributed by atoms with E-state index in [2.05, 4.69) is 21.2 Å². The molecule has 0 radical (unpaired) electrons. The van der Waals surface area contributed by atoms with Crippen LogP contribution < -0.4 is 5.32 Å². The van der Waals surface area contributed by atoms with Crippen LogP contribution in [0.3, 0.4) is 0 Å². The minimum atomic E-state index is -0.461. The molecule has 0 atom stereocenters. The van der Waals surface area contributed by atoms with E-state index >= 15 is 0 Å². The zero-order valence-electron chi connectivity index (χ0n) is 7.49. The molecule has 1 aromatic rings. The molecule has 4 heteroatoms. The quantitative estimate of drug-likeness (QED) is 0.807. The minimum Gasteiger partial charge on any atom is -0.316 e. The van der Waals surface area contributed by atoms with Crippen molar-refractivity contribution in [2.24, 2.45) is 5.92 Å². The minimum absolute atomic E-state index is 0.200. The lowest BCUT2D eigenvalue weighted by molar-refractivity contribution is 0.338. The van der Waals surface area contributed by atoms with Gasteiger partial charge in [-0.1, -0.05) is 0 Å². The fourth-order valence-electron chi connectivity index (χ4n) is 1.54. The van der Waals surface area contributed by atoms with Gasteiger partial charge in [0, 0.05) is 5.56 Å². The summed E-state index contributed by atoms with van der Waals surface area (Å²) in [6.45, 7) is 1.71. The van der Waals surface area contributed by atoms with Gasteiger partial charge >= 0.3 is 0 Å². The van der Waals surface area contributed by atoms with Gasteiger partial charge < -0.3 is 5.32 Å². The Hall–Kier alpha value is -0.480. The van der Waals surface area contributed by atoms with Gasteiger partial charge in [-0.2, -0.15) is 0 Å². The lowest BCUT2D eigenvalue weighted by Gasteiger charge is -2.27. The number of nitrogens with one attached hydrogen (secondary N) is 1. The highest BCUT2D eigenvalue weighted by atomic mass is 79.9. The molecule has 1 aliphatic rings. The molecular formula is C10H10BrF2N. The second-order valence-electron chi connectivity index (χ2n) is 3.55. The summed E-state index contributed by atoms with van der Waals surface area (Å²) in [6, 6.07) is 2.70. The Bertz CT molecular complexity index is 350. The van der Waals surface area contributed by atoms with Crippen molar-refractivity contribution >= 4 is 15.9 Å². The molecule has 1 saturated heterocycles. The molecule has 1 fully saturated rings. The van der Waals surface area contributed by atoms with Gasteiger partial charge in [-0.05, 0) is 53.5 Å². The standard InChI is InChI=1S/C10H10BrF2N/c11-8-1-2-9(12)7(10(8)13)3-6-4-14-5-6/h1-2,6,14H,3-5H2. The predicted molar refractivity (Wildman–Crippen MR) is 54.1 cm³/mol. The maximum atomic E-state index is 13.5. The van der Waals surface area contributed by atoms with Gasteiger partial charge in [-0.25, -0.2) is 8.78 Å². The summed E-state index contributed by atoms with van der Waals surface area (Å²) in [5.74, 6) is -0.539. The van der Waals surface area contributed by atoms with Crippen molar-refractivity contribution in [3.8, 4) is 0 Å². The highest BCUT2D eigenvalue weighted by molar-refractivity contribution is 9.10. The number of benzene rings is 1. The van der Waals surface area contributed by atoms with Crippen LogP contribution in [0.2, 0.25) is 0 Å². The fourth-order valence-corrected chi connectivity index (χ4v) is 1.91. The van der Waals surface area contributed by atoms with Crippen molar-refractivity contribution in [1.82, 2.24) is 5.32 Å². The van der Waals surface area contributed by atoms with Crippen LogP contribution in [0.5, 0.6) is 0 Å². The summed E-state index contributed by atoms with van der Waals surface area (Å²) >= 11 is 3.05. The van der Waals surface area contributed by atoms with Gasteiger partial charge in [0.15, 0.2) is 0 Å². The van der Waals surface area contributed by atoms with E-state index in [4.69, 9.17) is 0 Å². The van der Waals surface area contributed by atoms with Gasteiger partial charge in [0.1, 0.15) is 11.6 Å². The van der Waals surface area contributed by atoms with Crippen molar-refractivity contribution in [2.75, 3.05) is 13.1 Å². The molecule has 1 aromatic carbocycles. The van der Waals surface area contributed by atoms with Gasteiger partial charge in [0.25, 0.3) is 0 Å². The molecule has 14 heavy (non-hydrogen) atoms. The first-order chi connectivity index (χ1) is 6.68. The second kappa shape index (κ2) is 3.95. The summed E-state index contributed by atoms with van der Waals surface area (Å²) in [6.07, 6.45) is 0.476. The van der Waals surface area contributed by atoms with E-state index in [0.29, 0.717) is 16.8 Å². The predicted octanol–water partition coefficient (Wildman–Crippen LogP) is 2.49. The molecule has 0 aromatic heterocycles. The molecule has 1 nitrogen and oxygen atoms in total. The Kier molecular flexibility index (Phi) is 2.83. The number of halogens is 3. The SMILES string of the molecule is Fc1ccc(Br)c(F)c1CC1CNC1. The van der Waals surface area contributed by atoms with Crippen LogP contribution in [0.1, 0.15) is 5.56 Å². The molecule has 0 amide bonds. The van der Waals surface area contributed by atoms with E-state index in [1.54, 1.807) is 0 Å². The number of rotatable bonds is 2. The molecule has 0 bridgehead atoms. The largest absolute Gasteiger partial charge is 0.316 e. The summed E-state index contributed by atoms with van der Waals surface area (Å²) in [7, 11) is 0. The van der Waals surface area contributed by atoms with Gasteiger partial charge in [0.2, 0.25) is 0 Å². The Morgan fingerprint density at radius 3 is 2.64 bits per heavy atom. The normalized spacial score (nSPS) is 16.8. The van der Waals surface area contributed by atoms with E-state index in [0.717, 1.165) is 13.1 Å². The van der Waals surface area contributed by atoms with Crippen LogP contribution in [0.15, 0.2) is 16.6 Å². The van der Waals surface area contributed by atoms with Crippen molar-refractivity contribution in [3.05, 3.63) is 33.8 Å². The number of hydrogen-bond donors (Lipinski definition) is 1. The summed E-state index contributed by atoms with van der Waals surface area (Å²) in [5.41, 5.74) is 0.200. The van der Waals surface area contributed by atoms with Gasteiger partial charge in [0.05, 0.1) is 4.47 Å². The summed E-state index contributed by atoms with van der Waals surface area (Å²) in [5, 5.41) is 3.08. The Morgan fingerprint density at radius 1 is 1.36 bits per heavy atom. The zero-order chi connectivity index (χ0) is 10.1. The molecule has 2 rings (SSSR count). The lowest BCUT2D eigenvalue weighted by Crippen LogP contribution is -2.43. The lowest BCUT2D eigenvalue weighted by atomic mass is 9.94. The van der Waals surface area contributed by atoms with Crippen molar-refractivity contribution in [1.29, 1.82) is 0 Å². The first-order valence-electron chi connectivity index (χ1n) is 4.51. The smallest absolute Gasteiger partial charge is 0.143 e. The van der Waals surface area contributed by atoms with Crippen LogP contribution in [0.25, 0.3) is 0 Å². The third-order valence-electron chi connectivity index (χ3n) is 2.50. The van der Waals surface area contributed by atoms with E-state index in [-0.39, 0.29) is 5.56 Å². The molecule has 0 spiro atoms. The average molecular weight is 262 g/mol. The molecule has 0 aliphatic carbocycles. The van der Waals surface area contributed by atoms with E-state index in [9.17, 15) is 8.78 Å². The first kappa shape index (κ1) is 10.1. The third kappa shape index (κ3) is 1.81. The Balaban J connectivity index is 2.25. The van der Waals surface area contributed by atoms with Crippen molar-refractivity contribution in [3.63, 3.8) is 0 Å². The topological polar surface area (TPSA) is 12.0 Å². The second-order valence-corrected chi connectivity index (χ2v) is 4.40.